The summed E-state index contributed by atoms with van der Waals surface area (Å²) in [6, 6.07) is 0. The molecule has 1 aliphatic carbocycles. The number of esters is 1. The summed E-state index contributed by atoms with van der Waals surface area (Å²) in [5.74, 6) is 0.185. The van der Waals surface area contributed by atoms with E-state index in [-0.39, 0.29) is 12.1 Å². The Kier molecular flexibility index (Phi) is 4.98. The van der Waals surface area contributed by atoms with E-state index >= 15 is 0 Å². The van der Waals surface area contributed by atoms with Crippen molar-refractivity contribution in [2.45, 2.75) is 57.1 Å². The van der Waals surface area contributed by atoms with Crippen molar-refractivity contribution in [2.75, 3.05) is 5.75 Å². The lowest BCUT2D eigenvalue weighted by Gasteiger charge is -2.21. The average Bonchev–Trinajstić information content (AvgIpc) is 2.82. The van der Waals surface area contributed by atoms with Gasteiger partial charge in [0.25, 0.3) is 0 Å². The van der Waals surface area contributed by atoms with Crippen LogP contribution in [0.2, 0.25) is 0 Å². The van der Waals surface area contributed by atoms with Crippen LogP contribution in [0.1, 0.15) is 42.5 Å². The Morgan fingerprint density at radius 3 is 2.86 bits per heavy atom. The molecule has 0 bridgehead atoms. The van der Waals surface area contributed by atoms with E-state index in [0.29, 0.717) is 5.75 Å². The van der Waals surface area contributed by atoms with Gasteiger partial charge in [-0.2, -0.15) is 0 Å². The maximum Gasteiger partial charge on any atom is 0.316 e. The summed E-state index contributed by atoms with van der Waals surface area (Å²) in [6.45, 7) is 4.18. The highest BCUT2D eigenvalue weighted by Crippen LogP contribution is 2.34. The van der Waals surface area contributed by atoms with Crippen molar-refractivity contribution in [2.24, 2.45) is 0 Å². The highest BCUT2D eigenvalue weighted by Gasteiger charge is 2.19. The number of nitrogens with zero attached hydrogens (tertiary/aromatic N) is 2. The molecule has 1 fully saturated rings. The first-order valence-corrected chi connectivity index (χ1v) is 9.48. The Morgan fingerprint density at radius 2 is 2.09 bits per heavy atom. The van der Waals surface area contributed by atoms with E-state index in [1.165, 1.54) is 41.5 Å². The average molecular weight is 336 g/mol. The van der Waals surface area contributed by atoms with Crippen LogP contribution in [0.5, 0.6) is 0 Å². The Labute approximate surface area is 138 Å². The largest absolute Gasteiger partial charge is 0.462 e. The molecule has 0 N–H and O–H groups in total. The SMILES string of the molecule is Cc1sc2ncnc(SCC(=O)OC3CCCCC3)c2c1C. The molecule has 0 spiro atoms. The van der Waals surface area contributed by atoms with E-state index < -0.39 is 0 Å². The second-order valence-electron chi connectivity index (χ2n) is 5.68. The van der Waals surface area contributed by atoms with Gasteiger partial charge in [0.2, 0.25) is 0 Å². The molecule has 0 saturated heterocycles. The molecule has 2 heterocycles. The Balaban J connectivity index is 1.65. The second kappa shape index (κ2) is 6.96. The summed E-state index contributed by atoms with van der Waals surface area (Å²) in [5.41, 5.74) is 1.21. The van der Waals surface area contributed by atoms with Crippen molar-refractivity contribution in [3.63, 3.8) is 0 Å². The number of rotatable bonds is 4. The van der Waals surface area contributed by atoms with Gasteiger partial charge in [-0.15, -0.1) is 11.3 Å². The van der Waals surface area contributed by atoms with E-state index in [9.17, 15) is 4.79 Å². The highest BCUT2D eigenvalue weighted by molar-refractivity contribution is 8.00. The third kappa shape index (κ3) is 3.43. The number of ether oxygens (including phenoxy) is 1. The third-order valence-electron chi connectivity index (χ3n) is 4.11. The molecule has 2 aromatic rings. The van der Waals surface area contributed by atoms with Gasteiger partial charge in [0.15, 0.2) is 0 Å². The number of fused-ring (bicyclic) bond motifs is 1. The minimum Gasteiger partial charge on any atom is -0.462 e. The molecule has 4 nitrogen and oxygen atoms in total. The Hall–Kier alpha value is -1.14. The molecular formula is C16H20N2O2S2. The van der Waals surface area contributed by atoms with Gasteiger partial charge < -0.3 is 4.74 Å². The molecule has 0 unspecified atom stereocenters. The predicted molar refractivity (Wildman–Crippen MR) is 90.6 cm³/mol. The zero-order valence-corrected chi connectivity index (χ0v) is 14.6. The number of aromatic nitrogens is 2. The van der Waals surface area contributed by atoms with Gasteiger partial charge in [0.05, 0.1) is 5.75 Å². The molecule has 6 heteroatoms. The summed E-state index contributed by atoms with van der Waals surface area (Å²) in [6.07, 6.45) is 7.33. The molecule has 0 atom stereocenters. The lowest BCUT2D eigenvalue weighted by molar-refractivity contribution is -0.147. The fourth-order valence-corrected chi connectivity index (χ4v) is 4.69. The van der Waals surface area contributed by atoms with Crippen molar-refractivity contribution in [1.82, 2.24) is 9.97 Å². The maximum atomic E-state index is 12.0. The summed E-state index contributed by atoms with van der Waals surface area (Å²) < 4.78 is 5.56. The number of carbonyl (C=O) groups is 1. The first-order valence-electron chi connectivity index (χ1n) is 7.68. The van der Waals surface area contributed by atoms with Gasteiger partial charge in [-0.25, -0.2) is 9.97 Å². The van der Waals surface area contributed by atoms with E-state index in [0.717, 1.165) is 28.1 Å². The van der Waals surface area contributed by atoms with Crippen molar-refractivity contribution in [3.8, 4) is 0 Å². The molecule has 1 saturated carbocycles. The van der Waals surface area contributed by atoms with E-state index in [1.807, 2.05) is 0 Å². The van der Waals surface area contributed by atoms with Crippen LogP contribution in [-0.4, -0.2) is 27.8 Å². The summed E-state index contributed by atoms with van der Waals surface area (Å²) in [4.78, 5) is 22.9. The fraction of sp³-hybridized carbons (Fsp3) is 0.562. The van der Waals surface area contributed by atoms with Crippen LogP contribution in [0, 0.1) is 13.8 Å². The smallest absolute Gasteiger partial charge is 0.316 e. The van der Waals surface area contributed by atoms with Crippen molar-refractivity contribution in [3.05, 3.63) is 16.8 Å². The zero-order chi connectivity index (χ0) is 15.5. The summed E-state index contributed by atoms with van der Waals surface area (Å²) in [5, 5.41) is 1.97. The van der Waals surface area contributed by atoms with Gasteiger partial charge in [0, 0.05) is 10.3 Å². The van der Waals surface area contributed by atoms with Gasteiger partial charge in [-0.05, 0) is 45.1 Å². The topological polar surface area (TPSA) is 52.1 Å². The van der Waals surface area contributed by atoms with Crippen LogP contribution in [0.3, 0.4) is 0 Å². The normalized spacial score (nSPS) is 16.1. The van der Waals surface area contributed by atoms with Crippen LogP contribution in [-0.2, 0) is 9.53 Å². The van der Waals surface area contributed by atoms with Gasteiger partial charge in [-0.1, -0.05) is 18.2 Å². The lowest BCUT2D eigenvalue weighted by Crippen LogP contribution is -2.21. The van der Waals surface area contributed by atoms with E-state index in [4.69, 9.17) is 4.74 Å². The number of carbonyl (C=O) groups excluding carboxylic acids is 1. The summed E-state index contributed by atoms with van der Waals surface area (Å²) in [7, 11) is 0. The van der Waals surface area contributed by atoms with Crippen molar-refractivity contribution in [1.29, 1.82) is 0 Å². The number of hydrogen-bond acceptors (Lipinski definition) is 6. The van der Waals surface area contributed by atoms with Crippen LogP contribution < -0.4 is 0 Å². The minimum atomic E-state index is -0.131. The van der Waals surface area contributed by atoms with Crippen LogP contribution in [0.15, 0.2) is 11.4 Å². The maximum absolute atomic E-state index is 12.0. The first kappa shape index (κ1) is 15.7. The summed E-state index contributed by atoms with van der Waals surface area (Å²) >= 11 is 3.13. The third-order valence-corrected chi connectivity index (χ3v) is 6.19. The number of thiophene rings is 1. The van der Waals surface area contributed by atoms with Crippen molar-refractivity contribution >= 4 is 39.3 Å². The Morgan fingerprint density at radius 1 is 1.32 bits per heavy atom. The highest BCUT2D eigenvalue weighted by atomic mass is 32.2. The molecule has 0 amide bonds. The number of thioether (sulfide) groups is 1. The molecule has 3 rings (SSSR count). The molecule has 2 aromatic heterocycles. The van der Waals surface area contributed by atoms with Crippen LogP contribution in [0.25, 0.3) is 10.2 Å². The zero-order valence-electron chi connectivity index (χ0n) is 12.9. The monoisotopic (exact) mass is 336 g/mol. The van der Waals surface area contributed by atoms with Crippen LogP contribution in [0.4, 0.5) is 0 Å². The van der Waals surface area contributed by atoms with E-state index in [1.54, 1.807) is 17.7 Å². The second-order valence-corrected chi connectivity index (χ2v) is 7.85. The lowest BCUT2D eigenvalue weighted by atomic mass is 9.98. The molecule has 118 valence electrons. The predicted octanol–water partition coefficient (Wildman–Crippen LogP) is 4.28. The minimum absolute atomic E-state index is 0.123. The van der Waals surface area contributed by atoms with Gasteiger partial charge in [-0.3, -0.25) is 4.79 Å². The molecule has 0 aromatic carbocycles. The molecule has 0 radical (unpaired) electrons. The van der Waals surface area contributed by atoms with Gasteiger partial charge >= 0.3 is 5.97 Å². The van der Waals surface area contributed by atoms with Crippen molar-refractivity contribution < 1.29 is 9.53 Å². The fourth-order valence-electron chi connectivity index (χ4n) is 2.79. The Bertz CT molecular complexity index is 678. The van der Waals surface area contributed by atoms with Crippen LogP contribution >= 0.6 is 23.1 Å². The molecule has 1 aliphatic rings. The molecular weight excluding hydrogens is 316 g/mol. The number of hydrogen-bond donors (Lipinski definition) is 0. The number of aryl methyl sites for hydroxylation is 2. The molecule has 22 heavy (non-hydrogen) atoms. The van der Waals surface area contributed by atoms with E-state index in [2.05, 4.69) is 23.8 Å². The quantitative estimate of drug-likeness (QED) is 0.474. The first-order chi connectivity index (χ1) is 10.6. The molecule has 0 aliphatic heterocycles. The standard InChI is InChI=1S/C16H20N2O2S2/c1-10-11(2)22-16-14(10)15(17-9-18-16)21-8-13(19)20-12-6-4-3-5-7-12/h9,12H,3-8H2,1-2H3. The van der Waals surface area contributed by atoms with Gasteiger partial charge in [0.1, 0.15) is 22.3 Å².